The van der Waals surface area contributed by atoms with E-state index < -0.39 is 0 Å². The van der Waals surface area contributed by atoms with Crippen molar-refractivity contribution in [3.8, 4) is 0 Å². The van der Waals surface area contributed by atoms with Crippen molar-refractivity contribution in [3.05, 3.63) is 0 Å². The molecule has 0 heterocycles. The largest absolute Gasteiger partial charge is 0.411 e. The van der Waals surface area contributed by atoms with Crippen LogP contribution < -0.4 is 5.32 Å². The van der Waals surface area contributed by atoms with Gasteiger partial charge in [-0.3, -0.25) is 4.79 Å². The molecule has 0 radical (unpaired) electrons. The van der Waals surface area contributed by atoms with Gasteiger partial charge in [-0.2, -0.15) is 0 Å². The maximum absolute atomic E-state index is 10.8. The Bertz CT molecular complexity index is 167. The van der Waals surface area contributed by atoms with Gasteiger partial charge in [0.15, 0.2) is 0 Å². The first-order chi connectivity index (χ1) is 6.24. The Morgan fingerprint density at radius 1 is 1.54 bits per heavy atom. The molecule has 76 valence electrons. The highest BCUT2D eigenvalue weighted by molar-refractivity contribution is 6.25. The molecule has 0 aliphatic carbocycles. The standard InChI is InChI=1S/C8H17N3O2/c1-3-11(4-2)6-5-9-8(12)7-10-13/h7,13H,3-6H2,1-2H3,(H,9,12)/b10-7+. The lowest BCUT2D eigenvalue weighted by molar-refractivity contribution is -0.114. The molecule has 0 saturated carbocycles. The molecule has 0 aliphatic rings. The van der Waals surface area contributed by atoms with Crippen molar-refractivity contribution in [1.29, 1.82) is 0 Å². The minimum atomic E-state index is -0.366. The summed E-state index contributed by atoms with van der Waals surface area (Å²) in [7, 11) is 0. The van der Waals surface area contributed by atoms with Crippen molar-refractivity contribution in [2.45, 2.75) is 13.8 Å². The van der Waals surface area contributed by atoms with Crippen LogP contribution in [0, 0.1) is 0 Å². The molecule has 13 heavy (non-hydrogen) atoms. The first-order valence-corrected chi connectivity index (χ1v) is 4.42. The number of hydrogen-bond donors (Lipinski definition) is 2. The fourth-order valence-corrected chi connectivity index (χ4v) is 0.975. The van der Waals surface area contributed by atoms with Crippen LogP contribution in [-0.4, -0.2) is 48.4 Å². The number of oxime groups is 1. The third kappa shape index (κ3) is 6.10. The molecule has 1 amide bonds. The van der Waals surface area contributed by atoms with Crippen LogP contribution in [0.25, 0.3) is 0 Å². The first kappa shape index (κ1) is 11.9. The molecule has 0 bridgehead atoms. The van der Waals surface area contributed by atoms with Crippen LogP contribution in [-0.2, 0) is 4.79 Å². The lowest BCUT2D eigenvalue weighted by Gasteiger charge is -2.17. The van der Waals surface area contributed by atoms with E-state index in [0.29, 0.717) is 6.54 Å². The Morgan fingerprint density at radius 2 is 2.15 bits per heavy atom. The van der Waals surface area contributed by atoms with Gasteiger partial charge in [-0.25, -0.2) is 0 Å². The molecule has 0 atom stereocenters. The Kier molecular flexibility index (Phi) is 6.91. The van der Waals surface area contributed by atoms with E-state index in [1.165, 1.54) is 0 Å². The van der Waals surface area contributed by atoms with E-state index in [2.05, 4.69) is 29.2 Å². The summed E-state index contributed by atoms with van der Waals surface area (Å²) in [6, 6.07) is 0. The summed E-state index contributed by atoms with van der Waals surface area (Å²) >= 11 is 0. The molecule has 5 heteroatoms. The Balaban J connectivity index is 3.48. The molecule has 0 saturated heterocycles. The highest BCUT2D eigenvalue weighted by atomic mass is 16.4. The average molecular weight is 187 g/mol. The molecule has 0 aromatic carbocycles. The van der Waals surface area contributed by atoms with Crippen molar-refractivity contribution in [1.82, 2.24) is 10.2 Å². The number of nitrogens with one attached hydrogen (secondary N) is 1. The number of amides is 1. The van der Waals surface area contributed by atoms with Gasteiger partial charge in [0, 0.05) is 13.1 Å². The fourth-order valence-electron chi connectivity index (χ4n) is 0.975. The maximum atomic E-state index is 10.8. The predicted octanol–water partition coefficient (Wildman–Crippen LogP) is -0.0956. The summed E-state index contributed by atoms with van der Waals surface area (Å²) in [6.07, 6.45) is 0.849. The zero-order chi connectivity index (χ0) is 10.1. The number of hydrogen-bond acceptors (Lipinski definition) is 4. The SMILES string of the molecule is CCN(CC)CCNC(=O)/C=N/O. The lowest BCUT2D eigenvalue weighted by Crippen LogP contribution is -2.35. The average Bonchev–Trinajstić information content (AvgIpc) is 2.13. The summed E-state index contributed by atoms with van der Waals surface area (Å²) in [4.78, 5) is 13.0. The number of carbonyl (C=O) groups excluding carboxylic acids is 1. The second-order valence-corrected chi connectivity index (χ2v) is 2.56. The maximum Gasteiger partial charge on any atom is 0.265 e. The van der Waals surface area contributed by atoms with Crippen LogP contribution in [0.2, 0.25) is 0 Å². The number of carbonyl (C=O) groups is 1. The molecule has 0 aliphatic heterocycles. The Morgan fingerprint density at radius 3 is 2.62 bits per heavy atom. The van der Waals surface area contributed by atoms with Crippen molar-refractivity contribution < 1.29 is 10.0 Å². The van der Waals surface area contributed by atoms with Gasteiger partial charge in [-0.15, -0.1) is 0 Å². The highest BCUT2D eigenvalue weighted by Crippen LogP contribution is 1.83. The molecule has 5 nitrogen and oxygen atoms in total. The molecular weight excluding hydrogens is 170 g/mol. The minimum Gasteiger partial charge on any atom is -0.411 e. The Hall–Kier alpha value is -1.10. The summed E-state index contributed by atoms with van der Waals surface area (Å²) in [5.41, 5.74) is 0. The van der Waals surface area contributed by atoms with E-state index in [1.807, 2.05) is 0 Å². The van der Waals surface area contributed by atoms with Crippen molar-refractivity contribution >= 4 is 12.1 Å². The molecule has 0 fully saturated rings. The van der Waals surface area contributed by atoms with Crippen molar-refractivity contribution in [2.75, 3.05) is 26.2 Å². The van der Waals surface area contributed by atoms with E-state index in [0.717, 1.165) is 25.8 Å². The first-order valence-electron chi connectivity index (χ1n) is 4.42. The monoisotopic (exact) mass is 187 g/mol. The van der Waals surface area contributed by atoms with E-state index in [4.69, 9.17) is 5.21 Å². The minimum absolute atomic E-state index is 0.366. The van der Waals surface area contributed by atoms with Gasteiger partial charge < -0.3 is 15.4 Å². The van der Waals surface area contributed by atoms with Crippen LogP contribution in [0.5, 0.6) is 0 Å². The fraction of sp³-hybridized carbons (Fsp3) is 0.750. The summed E-state index contributed by atoms with van der Waals surface area (Å²) in [5.74, 6) is -0.366. The van der Waals surface area contributed by atoms with Gasteiger partial charge in [0.25, 0.3) is 5.91 Å². The number of likely N-dealkylation sites (N-methyl/N-ethyl adjacent to an activating group) is 1. The second-order valence-electron chi connectivity index (χ2n) is 2.56. The van der Waals surface area contributed by atoms with E-state index in [-0.39, 0.29) is 5.91 Å². The highest BCUT2D eigenvalue weighted by Gasteiger charge is 1.99. The quantitative estimate of drug-likeness (QED) is 0.347. The van der Waals surface area contributed by atoms with Crippen molar-refractivity contribution in [3.63, 3.8) is 0 Å². The van der Waals surface area contributed by atoms with E-state index in [9.17, 15) is 4.79 Å². The summed E-state index contributed by atoms with van der Waals surface area (Å²) in [6.45, 7) is 7.48. The normalized spacial score (nSPS) is 11.0. The van der Waals surface area contributed by atoms with Crippen LogP contribution >= 0.6 is 0 Å². The van der Waals surface area contributed by atoms with Crippen LogP contribution in [0.3, 0.4) is 0 Å². The van der Waals surface area contributed by atoms with Crippen LogP contribution in [0.4, 0.5) is 0 Å². The van der Waals surface area contributed by atoms with Gasteiger partial charge >= 0.3 is 0 Å². The molecular formula is C8H17N3O2. The topological polar surface area (TPSA) is 64.9 Å². The molecule has 0 rings (SSSR count). The van der Waals surface area contributed by atoms with Gasteiger partial charge in [0.05, 0.1) is 0 Å². The molecule has 2 N–H and O–H groups in total. The van der Waals surface area contributed by atoms with Crippen LogP contribution in [0.1, 0.15) is 13.8 Å². The van der Waals surface area contributed by atoms with Gasteiger partial charge in [-0.1, -0.05) is 19.0 Å². The zero-order valence-corrected chi connectivity index (χ0v) is 8.16. The van der Waals surface area contributed by atoms with Gasteiger partial charge in [-0.05, 0) is 13.1 Å². The number of rotatable bonds is 6. The second kappa shape index (κ2) is 7.54. The van der Waals surface area contributed by atoms with E-state index in [1.54, 1.807) is 0 Å². The Labute approximate surface area is 78.4 Å². The number of nitrogens with zero attached hydrogens (tertiary/aromatic N) is 2. The lowest BCUT2D eigenvalue weighted by atomic mass is 10.4. The summed E-state index contributed by atoms with van der Waals surface area (Å²) in [5, 5.41) is 13.3. The summed E-state index contributed by atoms with van der Waals surface area (Å²) < 4.78 is 0. The van der Waals surface area contributed by atoms with Gasteiger partial charge in [0.1, 0.15) is 6.21 Å². The third-order valence-corrected chi connectivity index (χ3v) is 1.80. The van der Waals surface area contributed by atoms with Gasteiger partial charge in [0.2, 0.25) is 0 Å². The predicted molar refractivity (Wildman–Crippen MR) is 51.1 cm³/mol. The van der Waals surface area contributed by atoms with E-state index >= 15 is 0 Å². The third-order valence-electron chi connectivity index (χ3n) is 1.80. The molecule has 0 unspecified atom stereocenters. The molecule has 0 spiro atoms. The molecule has 0 aromatic rings. The van der Waals surface area contributed by atoms with Crippen LogP contribution in [0.15, 0.2) is 5.16 Å². The smallest absolute Gasteiger partial charge is 0.265 e. The van der Waals surface area contributed by atoms with Crippen molar-refractivity contribution in [2.24, 2.45) is 5.16 Å². The molecule has 0 aromatic heterocycles. The zero-order valence-electron chi connectivity index (χ0n) is 8.16.